The molecule has 0 fully saturated rings. The Morgan fingerprint density at radius 2 is 1.75 bits per heavy atom. The van der Waals surface area contributed by atoms with Gasteiger partial charge >= 0.3 is 19.5 Å². The van der Waals surface area contributed by atoms with Crippen molar-refractivity contribution in [3.8, 4) is 17.6 Å². The number of phenols is 1. The number of nitrogens with zero attached hydrogens (tertiary/aromatic N) is 2. The van der Waals surface area contributed by atoms with Crippen LogP contribution in [0.15, 0.2) is 67.0 Å². The van der Waals surface area contributed by atoms with Crippen LogP contribution < -0.4 is 29.6 Å². The van der Waals surface area contributed by atoms with Crippen molar-refractivity contribution in [3.63, 3.8) is 0 Å². The number of halogens is 2. The number of rotatable bonds is 4. The Balaban J connectivity index is 0. The predicted molar refractivity (Wildman–Crippen MR) is 118 cm³/mol. The van der Waals surface area contributed by atoms with Gasteiger partial charge in [0.25, 0.3) is 0 Å². The van der Waals surface area contributed by atoms with Crippen molar-refractivity contribution in [2.24, 2.45) is 0 Å². The number of aromatic hydroxyl groups is 1. The van der Waals surface area contributed by atoms with Gasteiger partial charge in [0.15, 0.2) is 11.5 Å². The van der Waals surface area contributed by atoms with Crippen LogP contribution in [0, 0.1) is 18.3 Å². The van der Waals surface area contributed by atoms with Gasteiger partial charge in [-0.1, -0.05) is 55.8 Å². The molecule has 0 spiro atoms. The van der Waals surface area contributed by atoms with E-state index in [1.54, 1.807) is 42.7 Å². The number of ether oxygens (including phenoxy) is 1. The number of hydrogen-bond acceptors (Lipinski definition) is 4. The molecule has 2 aromatic carbocycles. The number of aryl methyl sites for hydroxylation is 1. The molecule has 32 heavy (non-hydrogen) atoms. The van der Waals surface area contributed by atoms with Crippen LogP contribution >= 0.6 is 0 Å². The van der Waals surface area contributed by atoms with Crippen LogP contribution in [0.25, 0.3) is 11.6 Å². The molecule has 0 amide bonds. The molecule has 4 nitrogen and oxygen atoms in total. The van der Waals surface area contributed by atoms with Gasteiger partial charge < -0.3 is 34.7 Å². The third-order valence-corrected chi connectivity index (χ3v) is 4.35. The molecule has 0 atom stereocenters. The molecule has 0 aliphatic rings. The largest absolute Gasteiger partial charge is 2.00 e. The maximum absolute atomic E-state index is 9.70. The SMILES string of the molecule is COc1ccc(/C=C(\C#N)c2cccnc2)cc1O.Cc1ccc(C(C)C)cc1.[Cl-].[Cl-].[Ru+2]. The van der Waals surface area contributed by atoms with Gasteiger partial charge in [-0.05, 0) is 48.2 Å². The van der Waals surface area contributed by atoms with E-state index in [-0.39, 0.29) is 50.0 Å². The summed E-state index contributed by atoms with van der Waals surface area (Å²) >= 11 is 0. The summed E-state index contributed by atoms with van der Waals surface area (Å²) in [6.07, 6.45) is 4.96. The van der Waals surface area contributed by atoms with Crippen LogP contribution in [0.4, 0.5) is 0 Å². The molecule has 1 N–H and O–H groups in total. The number of hydrogen-bond donors (Lipinski definition) is 1. The average molecular weight is 558 g/mol. The number of allylic oxidation sites excluding steroid dienone is 1. The zero-order valence-corrected chi connectivity index (χ0v) is 21.6. The Bertz CT molecular complexity index is 1000. The van der Waals surface area contributed by atoms with E-state index in [1.807, 2.05) is 6.07 Å². The number of phenolic OH excluding ortho intramolecular Hbond substituents is 1. The molecule has 0 saturated heterocycles. The van der Waals surface area contributed by atoms with Gasteiger partial charge in [-0.3, -0.25) is 4.98 Å². The fraction of sp³-hybridized carbons (Fsp3) is 0.200. The smallest absolute Gasteiger partial charge is 1.00 e. The van der Waals surface area contributed by atoms with Crippen molar-refractivity contribution >= 4 is 11.6 Å². The van der Waals surface area contributed by atoms with Gasteiger partial charge in [0, 0.05) is 18.0 Å². The quantitative estimate of drug-likeness (QED) is 0.362. The maximum atomic E-state index is 9.70. The molecule has 7 heteroatoms. The summed E-state index contributed by atoms with van der Waals surface area (Å²) < 4.78 is 4.97. The number of methoxy groups -OCH3 is 1. The van der Waals surface area contributed by atoms with Crippen molar-refractivity contribution in [1.29, 1.82) is 5.26 Å². The van der Waals surface area contributed by atoms with Crippen molar-refractivity contribution in [2.75, 3.05) is 7.11 Å². The maximum Gasteiger partial charge on any atom is 2.00 e. The van der Waals surface area contributed by atoms with Crippen LogP contribution in [-0.2, 0) is 19.5 Å². The second-order valence-electron chi connectivity index (χ2n) is 6.91. The van der Waals surface area contributed by atoms with Crippen molar-refractivity contribution in [1.82, 2.24) is 4.98 Å². The summed E-state index contributed by atoms with van der Waals surface area (Å²) in [5.74, 6) is 1.09. The van der Waals surface area contributed by atoms with E-state index in [1.165, 1.54) is 18.2 Å². The zero-order chi connectivity index (χ0) is 21.2. The number of benzene rings is 2. The van der Waals surface area contributed by atoms with E-state index < -0.39 is 0 Å². The summed E-state index contributed by atoms with van der Waals surface area (Å²) in [7, 11) is 1.49. The van der Waals surface area contributed by atoms with Crippen LogP contribution in [-0.4, -0.2) is 17.2 Å². The normalized spacial score (nSPS) is 9.69. The number of aromatic nitrogens is 1. The molecule has 0 aliphatic heterocycles. The first-order chi connectivity index (χ1) is 13.9. The first-order valence-electron chi connectivity index (χ1n) is 9.40. The molecule has 0 bridgehead atoms. The van der Waals surface area contributed by atoms with Crippen molar-refractivity contribution < 1.29 is 54.1 Å². The monoisotopic (exact) mass is 558 g/mol. The molecule has 0 radical (unpaired) electrons. The molecule has 0 unspecified atom stereocenters. The van der Waals surface area contributed by atoms with Crippen LogP contribution in [0.2, 0.25) is 0 Å². The second kappa shape index (κ2) is 16.3. The van der Waals surface area contributed by atoms with E-state index in [9.17, 15) is 10.4 Å². The van der Waals surface area contributed by atoms with Crippen LogP contribution in [0.3, 0.4) is 0 Å². The molecule has 170 valence electrons. The summed E-state index contributed by atoms with van der Waals surface area (Å²) in [5, 5.41) is 18.9. The van der Waals surface area contributed by atoms with Crippen LogP contribution in [0.5, 0.6) is 11.5 Å². The third kappa shape index (κ3) is 9.83. The Morgan fingerprint density at radius 1 is 1.09 bits per heavy atom. The predicted octanol–water partition coefficient (Wildman–Crippen LogP) is -0.0161. The van der Waals surface area contributed by atoms with Gasteiger partial charge in [-0.25, -0.2) is 0 Å². The zero-order valence-electron chi connectivity index (χ0n) is 18.4. The second-order valence-corrected chi connectivity index (χ2v) is 6.91. The summed E-state index contributed by atoms with van der Waals surface area (Å²) in [6, 6.07) is 19.4. The molecule has 0 saturated carbocycles. The van der Waals surface area contributed by atoms with E-state index in [0.717, 1.165) is 11.1 Å². The van der Waals surface area contributed by atoms with E-state index >= 15 is 0 Å². The standard InChI is InChI=1S/C15H12N2O2.C10H14.2ClH.Ru/c1-19-15-5-4-11(8-14(15)18)7-13(9-16)12-3-2-6-17-10-12;1-8(2)10-6-4-9(3)5-7-10;;;/h2-8,10,18H,1H3;4-8H,1-3H3;2*1H;/q;;;;+2/p-2/b13-7+;;;;. The number of nitriles is 1. The molecule has 1 heterocycles. The van der Waals surface area contributed by atoms with Crippen molar-refractivity contribution in [3.05, 3.63) is 89.2 Å². The Morgan fingerprint density at radius 3 is 2.22 bits per heavy atom. The van der Waals surface area contributed by atoms with Gasteiger partial charge in [0.2, 0.25) is 0 Å². The van der Waals surface area contributed by atoms with Gasteiger partial charge in [0.1, 0.15) is 0 Å². The minimum atomic E-state index is 0. The molecular weight excluding hydrogens is 532 g/mol. The summed E-state index contributed by atoms with van der Waals surface area (Å²) in [5.41, 5.74) is 4.70. The van der Waals surface area contributed by atoms with Gasteiger partial charge in [0.05, 0.1) is 18.8 Å². The fourth-order valence-electron chi connectivity index (χ4n) is 2.62. The summed E-state index contributed by atoms with van der Waals surface area (Å²) in [6.45, 7) is 6.54. The number of pyridine rings is 1. The summed E-state index contributed by atoms with van der Waals surface area (Å²) in [4.78, 5) is 3.98. The molecule has 0 aliphatic carbocycles. The molecule has 3 aromatic rings. The Labute approximate surface area is 215 Å². The first kappa shape index (κ1) is 31.8. The minimum Gasteiger partial charge on any atom is -1.00 e. The first-order valence-corrected chi connectivity index (χ1v) is 9.40. The fourth-order valence-corrected chi connectivity index (χ4v) is 2.62. The molecular formula is C25H26Cl2N2O2Ru. The van der Waals surface area contributed by atoms with Gasteiger partial charge in [-0.15, -0.1) is 0 Å². The van der Waals surface area contributed by atoms with Crippen molar-refractivity contribution in [2.45, 2.75) is 26.7 Å². The molecule has 1 aromatic heterocycles. The topological polar surface area (TPSA) is 66.1 Å². The average Bonchev–Trinajstić information content (AvgIpc) is 2.73. The van der Waals surface area contributed by atoms with E-state index in [0.29, 0.717) is 17.2 Å². The third-order valence-electron chi connectivity index (χ3n) is 4.35. The Kier molecular flexibility index (Phi) is 16.2. The van der Waals surface area contributed by atoms with E-state index in [2.05, 4.69) is 56.1 Å². The van der Waals surface area contributed by atoms with E-state index in [4.69, 9.17) is 4.74 Å². The Hall–Kier alpha value is -2.38. The van der Waals surface area contributed by atoms with Crippen LogP contribution in [0.1, 0.15) is 42.0 Å². The van der Waals surface area contributed by atoms with Gasteiger partial charge in [-0.2, -0.15) is 5.26 Å². The minimum absolute atomic E-state index is 0. The molecule has 3 rings (SSSR count).